The summed E-state index contributed by atoms with van der Waals surface area (Å²) in [5.74, 6) is -0.913. The number of likely N-dealkylation sites (tertiary alicyclic amines) is 1. The number of aliphatic hydroxyl groups is 1. The number of carbonyl (C=O) groups excluding carboxylic acids is 2. The van der Waals surface area contributed by atoms with Crippen molar-refractivity contribution in [3.8, 4) is 0 Å². The molecule has 0 radical (unpaired) electrons. The molecule has 1 aromatic rings. The topological polar surface area (TPSA) is 83.6 Å². The maximum atomic E-state index is 12.8. The van der Waals surface area contributed by atoms with Crippen LogP contribution in [-0.4, -0.2) is 34.4 Å². The summed E-state index contributed by atoms with van der Waals surface area (Å²) in [4.78, 5) is 26.5. The van der Waals surface area contributed by atoms with Gasteiger partial charge in [0.15, 0.2) is 6.10 Å². The summed E-state index contributed by atoms with van der Waals surface area (Å²) in [6.45, 7) is 4.65. The Labute approximate surface area is 136 Å². The van der Waals surface area contributed by atoms with Crippen molar-refractivity contribution < 1.29 is 14.7 Å². The van der Waals surface area contributed by atoms with Gasteiger partial charge in [-0.05, 0) is 23.8 Å². The molecule has 4 atom stereocenters. The first-order valence-electron chi connectivity index (χ1n) is 8.13. The van der Waals surface area contributed by atoms with Crippen LogP contribution in [0.25, 0.3) is 0 Å². The maximum Gasteiger partial charge on any atom is 0.256 e. The minimum atomic E-state index is -1.26. The molecule has 1 aromatic carbocycles. The smallest absolute Gasteiger partial charge is 0.256 e. The summed E-state index contributed by atoms with van der Waals surface area (Å²) >= 11 is 0. The number of amides is 2. The van der Waals surface area contributed by atoms with Crippen LogP contribution in [0.3, 0.4) is 0 Å². The van der Waals surface area contributed by atoms with E-state index in [1.165, 1.54) is 4.90 Å². The van der Waals surface area contributed by atoms with E-state index in [4.69, 9.17) is 5.73 Å². The Balaban J connectivity index is 1.93. The Morgan fingerprint density at radius 3 is 2.52 bits per heavy atom. The Hall–Kier alpha value is -1.88. The van der Waals surface area contributed by atoms with Crippen molar-refractivity contribution in [1.82, 2.24) is 4.90 Å². The van der Waals surface area contributed by atoms with E-state index in [1.54, 1.807) is 24.3 Å². The van der Waals surface area contributed by atoms with Gasteiger partial charge in [0.05, 0.1) is 0 Å². The molecule has 2 aliphatic rings. The van der Waals surface area contributed by atoms with Crippen LogP contribution in [0.4, 0.5) is 0 Å². The van der Waals surface area contributed by atoms with E-state index in [-0.39, 0.29) is 10.8 Å². The molecule has 5 heteroatoms. The molecule has 5 nitrogen and oxygen atoms in total. The molecule has 0 spiro atoms. The number of rotatable bonds is 3. The molecular formula is C18H24N2O3. The standard InChI is InChI=1S/C18H24N2O3/c1-17-9-6-10-18(17,2)14(15(19)22)20(11-17)16(23)13(21)12-7-4-3-5-8-12/h3-5,7-8,13-14,21H,6,9-11H2,1-2H3,(H2,19,22)/t13-,14+,17-,18+/m0/s1. The molecule has 0 unspecified atom stereocenters. The molecule has 3 N–H and O–H groups in total. The lowest BCUT2D eigenvalue weighted by Crippen LogP contribution is -2.51. The zero-order valence-electron chi connectivity index (χ0n) is 13.7. The highest BCUT2D eigenvalue weighted by molar-refractivity contribution is 5.90. The van der Waals surface area contributed by atoms with Gasteiger partial charge < -0.3 is 15.7 Å². The fourth-order valence-electron chi connectivity index (χ4n) is 4.58. The number of hydrogen-bond donors (Lipinski definition) is 2. The summed E-state index contributed by atoms with van der Waals surface area (Å²) in [6.07, 6.45) is 1.63. The average Bonchev–Trinajstić information content (AvgIpc) is 2.92. The summed E-state index contributed by atoms with van der Waals surface area (Å²) in [6, 6.07) is 8.15. The molecule has 124 valence electrons. The first kappa shape index (κ1) is 16.0. The van der Waals surface area contributed by atoms with Crippen molar-refractivity contribution in [2.75, 3.05) is 6.54 Å². The summed E-state index contributed by atoms with van der Waals surface area (Å²) in [5, 5.41) is 10.4. The Morgan fingerprint density at radius 2 is 1.91 bits per heavy atom. The van der Waals surface area contributed by atoms with Crippen LogP contribution in [0.5, 0.6) is 0 Å². The van der Waals surface area contributed by atoms with Gasteiger partial charge in [0.2, 0.25) is 5.91 Å². The number of aliphatic hydroxyl groups excluding tert-OH is 1. The van der Waals surface area contributed by atoms with Crippen molar-refractivity contribution in [3.63, 3.8) is 0 Å². The average molecular weight is 316 g/mol. The predicted molar refractivity (Wildman–Crippen MR) is 86.2 cm³/mol. The number of carbonyl (C=O) groups is 2. The summed E-state index contributed by atoms with van der Waals surface area (Å²) < 4.78 is 0. The number of nitrogens with two attached hydrogens (primary N) is 1. The van der Waals surface area contributed by atoms with Gasteiger partial charge in [-0.25, -0.2) is 0 Å². The SMILES string of the molecule is C[C@@]12CCC[C@]1(C)[C@@H](C(N)=O)N(C(=O)[C@@H](O)c1ccccc1)C2. The third-order valence-electron chi connectivity index (χ3n) is 6.14. The minimum Gasteiger partial charge on any atom is -0.378 e. The first-order chi connectivity index (χ1) is 10.8. The number of nitrogens with zero attached hydrogens (tertiary/aromatic N) is 1. The second kappa shape index (κ2) is 5.34. The van der Waals surface area contributed by atoms with Gasteiger partial charge in [0.1, 0.15) is 6.04 Å². The molecule has 0 aromatic heterocycles. The lowest BCUT2D eigenvalue weighted by Gasteiger charge is -2.36. The highest BCUT2D eigenvalue weighted by Crippen LogP contribution is 2.60. The molecule has 1 saturated carbocycles. The van der Waals surface area contributed by atoms with E-state index in [9.17, 15) is 14.7 Å². The Morgan fingerprint density at radius 1 is 1.26 bits per heavy atom. The molecule has 1 aliphatic heterocycles. The van der Waals surface area contributed by atoms with Gasteiger partial charge in [0, 0.05) is 12.0 Å². The summed E-state index contributed by atoms with van der Waals surface area (Å²) in [7, 11) is 0. The lowest BCUT2D eigenvalue weighted by atomic mass is 9.67. The van der Waals surface area contributed by atoms with Crippen LogP contribution < -0.4 is 5.73 Å². The van der Waals surface area contributed by atoms with Crippen molar-refractivity contribution in [1.29, 1.82) is 0 Å². The van der Waals surface area contributed by atoms with Crippen molar-refractivity contribution in [2.24, 2.45) is 16.6 Å². The van der Waals surface area contributed by atoms with Crippen LogP contribution in [0.15, 0.2) is 30.3 Å². The van der Waals surface area contributed by atoms with Crippen molar-refractivity contribution in [3.05, 3.63) is 35.9 Å². The van der Waals surface area contributed by atoms with Gasteiger partial charge in [-0.15, -0.1) is 0 Å². The second-order valence-electron chi connectivity index (χ2n) is 7.42. The van der Waals surface area contributed by atoms with Crippen molar-refractivity contribution in [2.45, 2.75) is 45.3 Å². The molecule has 2 fully saturated rings. The zero-order valence-corrected chi connectivity index (χ0v) is 13.7. The number of fused-ring (bicyclic) bond motifs is 1. The van der Waals surface area contributed by atoms with Crippen LogP contribution in [0.2, 0.25) is 0 Å². The number of primary amides is 1. The van der Waals surface area contributed by atoms with E-state index in [2.05, 4.69) is 13.8 Å². The largest absolute Gasteiger partial charge is 0.378 e. The van der Waals surface area contributed by atoms with Crippen molar-refractivity contribution >= 4 is 11.8 Å². The van der Waals surface area contributed by atoms with E-state index < -0.39 is 24.0 Å². The van der Waals surface area contributed by atoms with E-state index in [0.717, 1.165) is 19.3 Å². The molecule has 1 heterocycles. The molecular weight excluding hydrogens is 292 g/mol. The van der Waals surface area contributed by atoms with Gasteiger partial charge in [-0.2, -0.15) is 0 Å². The van der Waals surface area contributed by atoms with Gasteiger partial charge in [0.25, 0.3) is 5.91 Å². The molecule has 0 bridgehead atoms. The molecule has 2 amide bonds. The summed E-state index contributed by atoms with van der Waals surface area (Å²) in [5.41, 5.74) is 5.74. The third-order valence-corrected chi connectivity index (χ3v) is 6.14. The monoisotopic (exact) mass is 316 g/mol. The molecule has 23 heavy (non-hydrogen) atoms. The van der Waals surface area contributed by atoms with Crippen LogP contribution in [0, 0.1) is 10.8 Å². The number of benzene rings is 1. The normalized spacial score (nSPS) is 34.2. The second-order valence-corrected chi connectivity index (χ2v) is 7.42. The minimum absolute atomic E-state index is 0.126. The lowest BCUT2D eigenvalue weighted by molar-refractivity contribution is -0.146. The highest BCUT2D eigenvalue weighted by Gasteiger charge is 2.63. The van der Waals surface area contributed by atoms with Crippen LogP contribution in [-0.2, 0) is 9.59 Å². The Bertz CT molecular complexity index is 632. The van der Waals surface area contributed by atoms with Gasteiger partial charge >= 0.3 is 0 Å². The predicted octanol–water partition coefficient (Wildman–Crippen LogP) is 1.61. The quantitative estimate of drug-likeness (QED) is 0.888. The van der Waals surface area contributed by atoms with Gasteiger partial charge in [-0.3, -0.25) is 9.59 Å². The first-order valence-corrected chi connectivity index (χ1v) is 8.13. The molecule has 3 rings (SSSR count). The highest BCUT2D eigenvalue weighted by atomic mass is 16.3. The Kier molecular flexibility index (Phi) is 3.71. The fraction of sp³-hybridized carbons (Fsp3) is 0.556. The molecule has 1 aliphatic carbocycles. The van der Waals surface area contributed by atoms with E-state index >= 15 is 0 Å². The van der Waals surface area contributed by atoms with E-state index in [1.807, 2.05) is 6.07 Å². The zero-order chi connectivity index (χ0) is 16.8. The maximum absolute atomic E-state index is 12.8. The van der Waals surface area contributed by atoms with Crippen LogP contribution >= 0.6 is 0 Å². The van der Waals surface area contributed by atoms with Gasteiger partial charge in [-0.1, -0.05) is 50.6 Å². The van der Waals surface area contributed by atoms with E-state index in [0.29, 0.717) is 12.1 Å². The molecule has 1 saturated heterocycles. The van der Waals surface area contributed by atoms with Crippen LogP contribution in [0.1, 0.15) is 44.8 Å². The fourth-order valence-corrected chi connectivity index (χ4v) is 4.58. The number of hydrogen-bond acceptors (Lipinski definition) is 3. The third kappa shape index (κ3) is 2.26.